The molecule has 0 N–H and O–H groups in total. The number of hydrogen-bond acceptors (Lipinski definition) is 3. The third kappa shape index (κ3) is 1.07. The van der Waals surface area contributed by atoms with Gasteiger partial charge in [0.05, 0.1) is 6.61 Å². The summed E-state index contributed by atoms with van der Waals surface area (Å²) in [7, 11) is 0. The SMILES string of the molecule is O=[N+]([O-])OCC[C@@]12[C@@H]3[C@@H]4C[C@@H]5[C@H]3[C@H](I)[C@H]1[C@@H]5[C@H]4[C@H]2I. The Morgan fingerprint density at radius 1 is 1.21 bits per heavy atom. The first-order valence-electron chi connectivity index (χ1n) is 7.14. The van der Waals surface area contributed by atoms with E-state index < -0.39 is 5.09 Å². The van der Waals surface area contributed by atoms with E-state index in [4.69, 9.17) is 0 Å². The highest BCUT2D eigenvalue weighted by atomic mass is 127. The standard InChI is InChI=1S/C13H15I2NO3/c14-11-8-4-3-5-7-6(4)10(11)13(9(5)8,12(7)15)1-2-19-16(17)18/h4-12H,1-3H2/t4-,5+,6-,7-,8+,9+,10+,11-,12+,13+/m0/s1. The Morgan fingerprint density at radius 3 is 2.74 bits per heavy atom. The largest absolute Gasteiger partial charge is 0.314 e. The average molecular weight is 487 g/mol. The van der Waals surface area contributed by atoms with E-state index in [2.05, 4.69) is 50.0 Å². The zero-order chi connectivity index (χ0) is 13.1. The highest BCUT2D eigenvalue weighted by molar-refractivity contribution is 14.1. The van der Waals surface area contributed by atoms with Crippen LogP contribution in [0.1, 0.15) is 12.8 Å². The normalized spacial score (nSPS) is 65.7. The lowest BCUT2D eigenvalue weighted by Gasteiger charge is -2.42. The van der Waals surface area contributed by atoms with Crippen molar-refractivity contribution in [1.82, 2.24) is 0 Å². The maximum absolute atomic E-state index is 10.4. The van der Waals surface area contributed by atoms with Gasteiger partial charge in [-0.25, -0.2) is 0 Å². The molecule has 0 aromatic rings. The second-order valence-electron chi connectivity index (χ2n) is 7.11. The highest BCUT2D eigenvalue weighted by Gasteiger charge is 2.87. The van der Waals surface area contributed by atoms with Gasteiger partial charge >= 0.3 is 0 Å². The Hall–Kier alpha value is 0.660. The fourth-order valence-electron chi connectivity index (χ4n) is 7.48. The van der Waals surface area contributed by atoms with Gasteiger partial charge in [-0.2, -0.15) is 0 Å². The van der Waals surface area contributed by atoms with Crippen LogP contribution in [0.5, 0.6) is 0 Å². The third-order valence-corrected chi connectivity index (χ3v) is 10.9. The van der Waals surface area contributed by atoms with E-state index in [0.717, 1.165) is 55.7 Å². The molecule has 0 unspecified atom stereocenters. The van der Waals surface area contributed by atoms with Crippen LogP contribution >= 0.6 is 45.2 Å². The van der Waals surface area contributed by atoms with Crippen molar-refractivity contribution in [3.05, 3.63) is 10.1 Å². The molecule has 6 heteroatoms. The number of hydrogen-bond donors (Lipinski definition) is 0. The molecule has 0 radical (unpaired) electrons. The molecule has 6 aliphatic rings. The Balaban J connectivity index is 1.52. The quantitative estimate of drug-likeness (QED) is 0.266. The second kappa shape index (κ2) is 3.52. The average Bonchev–Trinajstić information content (AvgIpc) is 3.05. The number of halogens is 2. The summed E-state index contributed by atoms with van der Waals surface area (Å²) in [4.78, 5) is 15.1. The number of nitrogens with zero attached hydrogens (tertiary/aromatic N) is 1. The Morgan fingerprint density at radius 2 is 2.00 bits per heavy atom. The van der Waals surface area contributed by atoms with E-state index in [1.165, 1.54) is 6.42 Å². The molecule has 6 rings (SSSR count). The van der Waals surface area contributed by atoms with Gasteiger partial charge in [-0.1, -0.05) is 45.2 Å². The molecule has 0 saturated heterocycles. The molecule has 0 aromatic heterocycles. The minimum Gasteiger partial charge on any atom is -0.314 e. The molecule has 19 heavy (non-hydrogen) atoms. The maximum Gasteiger partial charge on any atom is 0.294 e. The minimum atomic E-state index is -0.621. The molecular weight excluding hydrogens is 472 g/mol. The van der Waals surface area contributed by atoms with Gasteiger partial charge in [0.15, 0.2) is 0 Å². The lowest BCUT2D eigenvalue weighted by molar-refractivity contribution is -0.758. The van der Waals surface area contributed by atoms with Gasteiger partial charge in [0.1, 0.15) is 0 Å². The summed E-state index contributed by atoms with van der Waals surface area (Å²) in [6, 6.07) is 0. The van der Waals surface area contributed by atoms with Crippen molar-refractivity contribution in [2.24, 2.45) is 46.8 Å². The molecule has 0 spiro atoms. The number of alkyl halides is 2. The van der Waals surface area contributed by atoms with E-state index in [1.807, 2.05) is 0 Å². The first kappa shape index (κ1) is 12.2. The minimum absolute atomic E-state index is 0.312. The summed E-state index contributed by atoms with van der Waals surface area (Å²) in [6.07, 6.45) is 2.39. The molecule has 104 valence electrons. The van der Waals surface area contributed by atoms with E-state index in [9.17, 15) is 10.1 Å². The van der Waals surface area contributed by atoms with Crippen molar-refractivity contribution in [2.75, 3.05) is 6.61 Å². The van der Waals surface area contributed by atoms with Crippen LogP contribution in [0.4, 0.5) is 0 Å². The van der Waals surface area contributed by atoms with Crippen LogP contribution < -0.4 is 0 Å². The molecule has 10 atom stereocenters. The highest BCUT2D eigenvalue weighted by Crippen LogP contribution is 2.89. The van der Waals surface area contributed by atoms with Crippen molar-refractivity contribution in [2.45, 2.75) is 20.7 Å². The van der Waals surface area contributed by atoms with Gasteiger partial charge in [0.2, 0.25) is 0 Å². The summed E-state index contributed by atoms with van der Waals surface area (Å²) < 4.78 is 1.59. The van der Waals surface area contributed by atoms with E-state index in [1.54, 1.807) is 0 Å². The van der Waals surface area contributed by atoms with Gasteiger partial charge < -0.3 is 4.84 Å². The van der Waals surface area contributed by atoms with Gasteiger partial charge in [-0.15, -0.1) is 10.1 Å². The third-order valence-electron chi connectivity index (χ3n) is 7.30. The van der Waals surface area contributed by atoms with E-state index in [0.29, 0.717) is 12.0 Å². The molecule has 6 fully saturated rings. The van der Waals surface area contributed by atoms with Gasteiger partial charge in [-0.3, -0.25) is 0 Å². The van der Waals surface area contributed by atoms with E-state index >= 15 is 0 Å². The van der Waals surface area contributed by atoms with Crippen molar-refractivity contribution in [1.29, 1.82) is 0 Å². The van der Waals surface area contributed by atoms with Gasteiger partial charge in [0, 0.05) is 7.85 Å². The first-order valence-corrected chi connectivity index (χ1v) is 9.63. The summed E-state index contributed by atoms with van der Waals surface area (Å²) in [6.45, 7) is 0.312. The van der Waals surface area contributed by atoms with Crippen LogP contribution in [0.3, 0.4) is 0 Å². The Labute approximate surface area is 138 Å². The van der Waals surface area contributed by atoms with Gasteiger partial charge in [-0.05, 0) is 59.7 Å². The molecule has 0 heterocycles. The van der Waals surface area contributed by atoms with Crippen LogP contribution in [0.15, 0.2) is 0 Å². The topological polar surface area (TPSA) is 52.4 Å². The van der Waals surface area contributed by atoms with Crippen LogP contribution in [0.25, 0.3) is 0 Å². The summed E-state index contributed by atoms with van der Waals surface area (Å²) in [5.41, 5.74) is 0.389. The smallest absolute Gasteiger partial charge is 0.294 e. The van der Waals surface area contributed by atoms with E-state index in [-0.39, 0.29) is 0 Å². The molecule has 0 aromatic carbocycles. The lowest BCUT2D eigenvalue weighted by Crippen LogP contribution is -2.40. The van der Waals surface area contributed by atoms with Crippen molar-refractivity contribution < 1.29 is 9.92 Å². The van der Waals surface area contributed by atoms with Crippen LogP contribution in [-0.4, -0.2) is 19.5 Å². The Bertz CT molecular complexity index is 485. The summed E-state index contributed by atoms with van der Waals surface area (Å²) >= 11 is 5.40. The fraction of sp³-hybridized carbons (Fsp3) is 1.00. The molecular formula is C13H15I2NO3. The molecule has 0 amide bonds. The number of rotatable bonds is 4. The molecule has 6 bridgehead atoms. The summed E-state index contributed by atoms with van der Waals surface area (Å²) in [5.74, 6) is 6.51. The van der Waals surface area contributed by atoms with Crippen molar-refractivity contribution in [3.8, 4) is 0 Å². The summed E-state index contributed by atoms with van der Waals surface area (Å²) in [5, 5.41) is 9.81. The van der Waals surface area contributed by atoms with Crippen LogP contribution in [0, 0.1) is 57.0 Å². The predicted octanol–water partition coefficient (Wildman–Crippen LogP) is 2.95. The Kier molecular flexibility index (Phi) is 2.27. The lowest BCUT2D eigenvalue weighted by atomic mass is 9.62. The predicted molar refractivity (Wildman–Crippen MR) is 84.7 cm³/mol. The molecule has 0 aliphatic heterocycles. The zero-order valence-corrected chi connectivity index (χ0v) is 14.6. The monoisotopic (exact) mass is 487 g/mol. The van der Waals surface area contributed by atoms with Crippen molar-refractivity contribution >= 4 is 45.2 Å². The fourth-order valence-corrected chi connectivity index (χ4v) is 11.8. The zero-order valence-electron chi connectivity index (χ0n) is 10.2. The maximum atomic E-state index is 10.4. The first-order chi connectivity index (χ1) is 9.09. The van der Waals surface area contributed by atoms with Crippen LogP contribution in [-0.2, 0) is 4.84 Å². The van der Waals surface area contributed by atoms with Gasteiger partial charge in [0.25, 0.3) is 5.09 Å². The second-order valence-corrected chi connectivity index (χ2v) is 9.89. The van der Waals surface area contributed by atoms with Crippen LogP contribution in [0.2, 0.25) is 0 Å². The molecule has 4 nitrogen and oxygen atoms in total. The molecule has 6 saturated carbocycles. The molecule has 6 aliphatic carbocycles. The van der Waals surface area contributed by atoms with Crippen molar-refractivity contribution in [3.63, 3.8) is 0 Å².